The van der Waals surface area contributed by atoms with Crippen LogP contribution in [-0.4, -0.2) is 26.6 Å². The summed E-state index contributed by atoms with van der Waals surface area (Å²) >= 11 is 0. The van der Waals surface area contributed by atoms with Gasteiger partial charge >= 0.3 is 0 Å². The second-order valence-electron chi connectivity index (χ2n) is 2.81. The Kier molecular flexibility index (Phi) is 5.98. The first-order valence-electron chi connectivity index (χ1n) is 4.13. The molecule has 3 heteroatoms. The minimum absolute atomic E-state index is 0.118. The Bertz CT molecular complexity index is 132. The molecule has 0 amide bonds. The largest absolute Gasteiger partial charge is 0.354 e. The highest BCUT2D eigenvalue weighted by Crippen LogP contribution is 2.09. The van der Waals surface area contributed by atoms with Crippen LogP contribution < -0.4 is 5.73 Å². The Balaban J connectivity index is 3.83. The van der Waals surface area contributed by atoms with E-state index < -0.39 is 0 Å². The fourth-order valence-electron chi connectivity index (χ4n) is 1.02. The summed E-state index contributed by atoms with van der Waals surface area (Å²) in [5.41, 5.74) is 6.93. The standard InChI is InChI=1S/C9H19NO2/c1-5-7(2)6-8(10)9(11-3)12-4/h8-9H,2,5-6,10H2,1,3-4H3. The molecule has 0 aromatic heterocycles. The Labute approximate surface area is 74.5 Å². The predicted molar refractivity (Wildman–Crippen MR) is 49.8 cm³/mol. The molecule has 1 unspecified atom stereocenters. The van der Waals surface area contributed by atoms with Gasteiger partial charge in [0.1, 0.15) is 0 Å². The highest BCUT2D eigenvalue weighted by atomic mass is 16.7. The zero-order valence-corrected chi connectivity index (χ0v) is 8.17. The van der Waals surface area contributed by atoms with E-state index in [1.807, 2.05) is 0 Å². The van der Waals surface area contributed by atoms with Crippen molar-refractivity contribution in [3.8, 4) is 0 Å². The average Bonchev–Trinajstić information content (AvgIpc) is 2.06. The van der Waals surface area contributed by atoms with E-state index in [4.69, 9.17) is 15.2 Å². The van der Waals surface area contributed by atoms with Gasteiger partial charge < -0.3 is 15.2 Å². The van der Waals surface area contributed by atoms with Crippen molar-refractivity contribution in [3.05, 3.63) is 12.2 Å². The third-order valence-electron chi connectivity index (χ3n) is 1.84. The molecule has 0 bridgehead atoms. The molecule has 0 radical (unpaired) electrons. The number of rotatable bonds is 6. The summed E-state index contributed by atoms with van der Waals surface area (Å²) in [6, 6.07) is -0.118. The first-order chi connectivity index (χ1) is 5.65. The van der Waals surface area contributed by atoms with E-state index in [0.717, 1.165) is 18.4 Å². The molecule has 0 aliphatic heterocycles. The maximum atomic E-state index is 5.80. The molecule has 0 aliphatic carbocycles. The van der Waals surface area contributed by atoms with Gasteiger partial charge in [-0.1, -0.05) is 19.1 Å². The number of hydrogen-bond donors (Lipinski definition) is 1. The van der Waals surface area contributed by atoms with Crippen molar-refractivity contribution < 1.29 is 9.47 Å². The highest BCUT2D eigenvalue weighted by Gasteiger charge is 2.16. The lowest BCUT2D eigenvalue weighted by molar-refractivity contribution is -0.115. The van der Waals surface area contributed by atoms with Crippen LogP contribution in [0.2, 0.25) is 0 Å². The molecule has 0 aromatic carbocycles. The molecule has 0 spiro atoms. The summed E-state index contributed by atoms with van der Waals surface area (Å²) in [6.45, 7) is 5.93. The van der Waals surface area contributed by atoms with Crippen molar-refractivity contribution in [1.29, 1.82) is 0 Å². The summed E-state index contributed by atoms with van der Waals surface area (Å²) in [5.74, 6) is 0. The first-order valence-corrected chi connectivity index (χ1v) is 4.13. The van der Waals surface area contributed by atoms with Crippen LogP contribution in [0.5, 0.6) is 0 Å². The molecule has 0 fully saturated rings. The van der Waals surface area contributed by atoms with Crippen LogP contribution in [0.4, 0.5) is 0 Å². The summed E-state index contributed by atoms with van der Waals surface area (Å²) in [5, 5.41) is 0. The van der Waals surface area contributed by atoms with Gasteiger partial charge in [0.05, 0.1) is 6.04 Å². The second kappa shape index (κ2) is 6.17. The van der Waals surface area contributed by atoms with Crippen molar-refractivity contribution >= 4 is 0 Å². The van der Waals surface area contributed by atoms with Crippen molar-refractivity contribution in [2.75, 3.05) is 14.2 Å². The van der Waals surface area contributed by atoms with E-state index in [-0.39, 0.29) is 12.3 Å². The fraction of sp³-hybridized carbons (Fsp3) is 0.778. The number of methoxy groups -OCH3 is 2. The molecule has 1 atom stereocenters. The molecule has 72 valence electrons. The summed E-state index contributed by atoms with van der Waals surface area (Å²) in [7, 11) is 3.17. The van der Waals surface area contributed by atoms with Crippen LogP contribution in [0.25, 0.3) is 0 Å². The lowest BCUT2D eigenvalue weighted by Gasteiger charge is -2.21. The van der Waals surface area contributed by atoms with Gasteiger partial charge in [0, 0.05) is 14.2 Å². The van der Waals surface area contributed by atoms with Crippen LogP contribution in [0.15, 0.2) is 12.2 Å². The molecule has 0 aliphatic rings. The van der Waals surface area contributed by atoms with Crippen molar-refractivity contribution in [3.63, 3.8) is 0 Å². The zero-order valence-electron chi connectivity index (χ0n) is 8.17. The second-order valence-corrected chi connectivity index (χ2v) is 2.81. The molecule has 12 heavy (non-hydrogen) atoms. The first kappa shape index (κ1) is 11.6. The number of hydrogen-bond acceptors (Lipinski definition) is 3. The van der Waals surface area contributed by atoms with Crippen LogP contribution in [0.3, 0.4) is 0 Å². The predicted octanol–water partition coefficient (Wildman–Crippen LogP) is 1.29. The monoisotopic (exact) mass is 173 g/mol. The lowest BCUT2D eigenvalue weighted by atomic mass is 10.1. The third kappa shape index (κ3) is 3.85. The van der Waals surface area contributed by atoms with E-state index in [0.29, 0.717) is 0 Å². The summed E-state index contributed by atoms with van der Waals surface area (Å²) in [6.07, 6.45) is 1.38. The molecule has 0 aromatic rings. The van der Waals surface area contributed by atoms with E-state index in [1.54, 1.807) is 14.2 Å². The van der Waals surface area contributed by atoms with E-state index in [9.17, 15) is 0 Å². The van der Waals surface area contributed by atoms with Gasteiger partial charge in [-0.25, -0.2) is 0 Å². The van der Waals surface area contributed by atoms with Crippen molar-refractivity contribution in [2.24, 2.45) is 5.73 Å². The van der Waals surface area contributed by atoms with Gasteiger partial charge in [-0.3, -0.25) is 0 Å². The number of ether oxygens (including phenoxy) is 2. The molecule has 2 N–H and O–H groups in total. The van der Waals surface area contributed by atoms with Gasteiger partial charge in [0.2, 0.25) is 0 Å². The van der Waals surface area contributed by atoms with Gasteiger partial charge in [-0.2, -0.15) is 0 Å². The van der Waals surface area contributed by atoms with Crippen LogP contribution in [0.1, 0.15) is 19.8 Å². The van der Waals surface area contributed by atoms with E-state index in [2.05, 4.69) is 13.5 Å². The minimum atomic E-state index is -0.326. The normalized spacial score (nSPS) is 13.4. The van der Waals surface area contributed by atoms with Crippen LogP contribution in [-0.2, 0) is 9.47 Å². The van der Waals surface area contributed by atoms with Gasteiger partial charge in [-0.05, 0) is 12.8 Å². The maximum absolute atomic E-state index is 5.80. The third-order valence-corrected chi connectivity index (χ3v) is 1.84. The van der Waals surface area contributed by atoms with E-state index >= 15 is 0 Å². The molecule has 0 saturated carbocycles. The molecule has 0 rings (SSSR count). The molecular formula is C9H19NO2. The molecule has 0 saturated heterocycles. The highest BCUT2D eigenvalue weighted by molar-refractivity contribution is 4.96. The minimum Gasteiger partial charge on any atom is -0.354 e. The molecular weight excluding hydrogens is 154 g/mol. The average molecular weight is 173 g/mol. The summed E-state index contributed by atoms with van der Waals surface area (Å²) < 4.78 is 10.0. The fourth-order valence-corrected chi connectivity index (χ4v) is 1.02. The lowest BCUT2D eigenvalue weighted by Crippen LogP contribution is -2.37. The SMILES string of the molecule is C=C(CC)CC(N)C(OC)OC. The Morgan fingerprint density at radius 1 is 1.42 bits per heavy atom. The summed E-state index contributed by atoms with van der Waals surface area (Å²) in [4.78, 5) is 0. The van der Waals surface area contributed by atoms with Crippen molar-refractivity contribution in [2.45, 2.75) is 32.1 Å². The smallest absolute Gasteiger partial charge is 0.172 e. The quantitative estimate of drug-likeness (QED) is 0.486. The molecule has 3 nitrogen and oxygen atoms in total. The Morgan fingerprint density at radius 3 is 2.25 bits per heavy atom. The van der Waals surface area contributed by atoms with Crippen LogP contribution >= 0.6 is 0 Å². The van der Waals surface area contributed by atoms with Gasteiger partial charge in [0.25, 0.3) is 0 Å². The zero-order chi connectivity index (χ0) is 9.56. The maximum Gasteiger partial charge on any atom is 0.172 e. The topological polar surface area (TPSA) is 44.5 Å². The van der Waals surface area contributed by atoms with Gasteiger partial charge in [-0.15, -0.1) is 0 Å². The van der Waals surface area contributed by atoms with Crippen molar-refractivity contribution in [1.82, 2.24) is 0 Å². The van der Waals surface area contributed by atoms with Crippen LogP contribution in [0, 0.1) is 0 Å². The Hall–Kier alpha value is -0.380. The number of nitrogens with two attached hydrogens (primary N) is 1. The molecule has 0 heterocycles. The van der Waals surface area contributed by atoms with Gasteiger partial charge in [0.15, 0.2) is 6.29 Å². The Morgan fingerprint density at radius 2 is 1.92 bits per heavy atom. The van der Waals surface area contributed by atoms with E-state index in [1.165, 1.54) is 0 Å².